The Morgan fingerprint density at radius 3 is 2.50 bits per heavy atom. The van der Waals surface area contributed by atoms with E-state index in [0.717, 1.165) is 18.4 Å². The van der Waals surface area contributed by atoms with E-state index in [4.69, 9.17) is 11.6 Å². The van der Waals surface area contributed by atoms with Crippen molar-refractivity contribution in [3.63, 3.8) is 0 Å². The molecule has 1 heterocycles. The quantitative estimate of drug-likeness (QED) is 0.515. The van der Waals surface area contributed by atoms with E-state index >= 15 is 0 Å². The van der Waals surface area contributed by atoms with Crippen molar-refractivity contribution in [2.75, 3.05) is 0 Å². The number of aromatic nitrogens is 1. The molecule has 168 valence electrons. The van der Waals surface area contributed by atoms with Crippen LogP contribution in [0.5, 0.6) is 0 Å². The minimum Gasteiger partial charge on any atom is -0.481 e. The molecular weight excluding hydrogens is 431 g/mol. The van der Waals surface area contributed by atoms with Crippen LogP contribution in [-0.4, -0.2) is 27.6 Å². The molecule has 7 heteroatoms. The lowest BCUT2D eigenvalue weighted by molar-refractivity contribution is -0.143. The highest BCUT2D eigenvalue weighted by Gasteiger charge is 2.30. The van der Waals surface area contributed by atoms with Gasteiger partial charge >= 0.3 is 5.97 Å². The number of amides is 1. The van der Waals surface area contributed by atoms with Gasteiger partial charge in [0.15, 0.2) is 0 Å². The first kappa shape index (κ1) is 22.3. The number of carbonyl (C=O) groups is 2. The molecule has 1 amide bonds. The maximum Gasteiger partial charge on any atom is 0.306 e. The summed E-state index contributed by atoms with van der Waals surface area (Å²) in [5.74, 6) is -1.61. The number of rotatable bonds is 6. The van der Waals surface area contributed by atoms with E-state index in [1.54, 1.807) is 0 Å². The molecule has 1 aromatic heterocycles. The average molecular weight is 457 g/mol. The zero-order chi connectivity index (χ0) is 22.8. The Morgan fingerprint density at radius 2 is 1.84 bits per heavy atom. The molecule has 2 N–H and O–H groups in total. The highest BCUT2D eigenvalue weighted by Crippen LogP contribution is 2.31. The van der Waals surface area contributed by atoms with Gasteiger partial charge in [-0.25, -0.2) is 4.39 Å². The number of nitrogens with zero attached hydrogens (tertiary/aromatic N) is 1. The van der Waals surface area contributed by atoms with Crippen molar-refractivity contribution in [3.8, 4) is 0 Å². The third kappa shape index (κ3) is 4.80. The standard InChI is InChI=1S/C25H26ClFN2O3/c1-15(17-4-6-18(7-5-17)25(31)32)28-24(30)22-13-21(27)12-19-10-11-29(23(19)22)14-16-2-8-20(26)9-3-16/h2-3,8-13,15,17-18H,4-7,14H2,1H3,(H,28,30)(H,31,32). The summed E-state index contributed by atoms with van der Waals surface area (Å²) in [4.78, 5) is 24.4. The fourth-order valence-corrected chi connectivity index (χ4v) is 4.80. The summed E-state index contributed by atoms with van der Waals surface area (Å²) in [6.45, 7) is 2.47. The first-order valence-corrected chi connectivity index (χ1v) is 11.3. The Kier molecular flexibility index (Phi) is 6.51. The van der Waals surface area contributed by atoms with Crippen LogP contribution in [0, 0.1) is 17.7 Å². The predicted octanol–water partition coefficient (Wildman–Crippen LogP) is 5.49. The van der Waals surface area contributed by atoms with Crippen molar-refractivity contribution in [1.29, 1.82) is 0 Å². The Balaban J connectivity index is 1.55. The van der Waals surface area contributed by atoms with E-state index in [2.05, 4.69) is 5.32 Å². The number of aliphatic carboxylic acids is 1. The van der Waals surface area contributed by atoms with Crippen LogP contribution in [0.2, 0.25) is 5.02 Å². The smallest absolute Gasteiger partial charge is 0.306 e. The molecular formula is C25H26ClFN2O3. The zero-order valence-electron chi connectivity index (χ0n) is 17.9. The van der Waals surface area contributed by atoms with Crippen LogP contribution in [0.4, 0.5) is 4.39 Å². The molecule has 0 radical (unpaired) electrons. The second-order valence-electron chi connectivity index (χ2n) is 8.67. The Bertz CT molecular complexity index is 1130. The molecule has 4 rings (SSSR count). The summed E-state index contributed by atoms with van der Waals surface area (Å²) in [5, 5.41) is 13.5. The monoisotopic (exact) mass is 456 g/mol. The molecule has 2 aromatic carbocycles. The van der Waals surface area contributed by atoms with Gasteiger partial charge < -0.3 is 15.0 Å². The van der Waals surface area contributed by atoms with Crippen LogP contribution >= 0.6 is 11.6 Å². The molecule has 1 atom stereocenters. The fourth-order valence-electron chi connectivity index (χ4n) is 4.67. The van der Waals surface area contributed by atoms with Crippen molar-refractivity contribution in [3.05, 3.63) is 70.6 Å². The number of carbonyl (C=O) groups excluding carboxylic acids is 1. The fraction of sp³-hybridized carbons (Fsp3) is 0.360. The summed E-state index contributed by atoms with van der Waals surface area (Å²) >= 11 is 5.98. The van der Waals surface area contributed by atoms with E-state index < -0.39 is 11.8 Å². The highest BCUT2D eigenvalue weighted by atomic mass is 35.5. The molecule has 0 bridgehead atoms. The van der Waals surface area contributed by atoms with E-state index in [9.17, 15) is 19.1 Å². The summed E-state index contributed by atoms with van der Waals surface area (Å²) < 4.78 is 16.2. The first-order chi connectivity index (χ1) is 15.3. The van der Waals surface area contributed by atoms with Crippen molar-refractivity contribution in [1.82, 2.24) is 9.88 Å². The molecule has 1 unspecified atom stereocenters. The van der Waals surface area contributed by atoms with Gasteiger partial charge in [-0.2, -0.15) is 0 Å². The van der Waals surface area contributed by atoms with Crippen molar-refractivity contribution >= 4 is 34.4 Å². The Labute approximate surface area is 191 Å². The molecule has 0 aliphatic heterocycles. The van der Waals surface area contributed by atoms with E-state index in [1.807, 2.05) is 48.0 Å². The van der Waals surface area contributed by atoms with Gasteiger partial charge in [0.2, 0.25) is 0 Å². The van der Waals surface area contributed by atoms with Gasteiger partial charge in [-0.15, -0.1) is 0 Å². The number of fused-ring (bicyclic) bond motifs is 1. The topological polar surface area (TPSA) is 71.3 Å². The number of hydrogen-bond acceptors (Lipinski definition) is 2. The number of benzene rings is 2. The van der Waals surface area contributed by atoms with Crippen molar-refractivity contribution < 1.29 is 19.1 Å². The van der Waals surface area contributed by atoms with Crippen LogP contribution in [0.3, 0.4) is 0 Å². The second-order valence-corrected chi connectivity index (χ2v) is 9.11. The van der Waals surface area contributed by atoms with Gasteiger partial charge in [-0.05, 0) is 74.4 Å². The van der Waals surface area contributed by atoms with Gasteiger partial charge in [-0.1, -0.05) is 23.7 Å². The molecule has 1 saturated carbocycles. The molecule has 5 nitrogen and oxygen atoms in total. The van der Waals surface area contributed by atoms with E-state index in [-0.39, 0.29) is 23.8 Å². The second kappa shape index (κ2) is 9.33. The number of nitrogens with one attached hydrogen (secondary N) is 1. The van der Waals surface area contributed by atoms with E-state index in [1.165, 1.54) is 12.1 Å². The molecule has 1 aliphatic rings. The maximum atomic E-state index is 14.3. The predicted molar refractivity (Wildman–Crippen MR) is 122 cm³/mol. The van der Waals surface area contributed by atoms with Gasteiger partial charge in [0.1, 0.15) is 5.82 Å². The number of carboxylic acid groups (broad SMARTS) is 1. The summed E-state index contributed by atoms with van der Waals surface area (Å²) in [6, 6.07) is 11.9. The molecule has 3 aromatic rings. The molecule has 1 fully saturated rings. The van der Waals surface area contributed by atoms with Crippen LogP contribution in [0.1, 0.15) is 48.5 Å². The lowest BCUT2D eigenvalue weighted by Gasteiger charge is -2.31. The Hall–Kier alpha value is -2.86. The van der Waals surface area contributed by atoms with Gasteiger partial charge in [0.05, 0.1) is 17.0 Å². The van der Waals surface area contributed by atoms with Crippen LogP contribution in [-0.2, 0) is 11.3 Å². The lowest BCUT2D eigenvalue weighted by Crippen LogP contribution is -2.40. The maximum absolute atomic E-state index is 14.3. The van der Waals surface area contributed by atoms with Crippen LogP contribution < -0.4 is 5.32 Å². The molecule has 32 heavy (non-hydrogen) atoms. The Morgan fingerprint density at radius 1 is 1.16 bits per heavy atom. The zero-order valence-corrected chi connectivity index (χ0v) is 18.6. The summed E-state index contributed by atoms with van der Waals surface area (Å²) in [7, 11) is 0. The SMILES string of the molecule is CC(NC(=O)c1cc(F)cc2ccn(Cc3ccc(Cl)cc3)c12)C1CCC(C(=O)O)CC1. The molecule has 0 spiro atoms. The van der Waals surface area contributed by atoms with Crippen LogP contribution in [0.15, 0.2) is 48.7 Å². The minimum absolute atomic E-state index is 0.129. The first-order valence-electron chi connectivity index (χ1n) is 10.9. The number of halogens is 2. The largest absolute Gasteiger partial charge is 0.481 e. The third-order valence-corrected chi connectivity index (χ3v) is 6.78. The minimum atomic E-state index is -0.747. The number of carboxylic acids is 1. The highest BCUT2D eigenvalue weighted by molar-refractivity contribution is 6.30. The molecule has 0 saturated heterocycles. The lowest BCUT2D eigenvalue weighted by atomic mass is 9.79. The number of hydrogen-bond donors (Lipinski definition) is 2. The molecule has 1 aliphatic carbocycles. The average Bonchev–Trinajstić information content (AvgIpc) is 3.17. The van der Waals surface area contributed by atoms with E-state index in [0.29, 0.717) is 40.9 Å². The van der Waals surface area contributed by atoms with Gasteiger partial charge in [0, 0.05) is 29.2 Å². The normalized spacial score (nSPS) is 19.6. The summed E-state index contributed by atoms with van der Waals surface area (Å²) in [5.41, 5.74) is 2.00. The van der Waals surface area contributed by atoms with Gasteiger partial charge in [0.25, 0.3) is 5.91 Å². The van der Waals surface area contributed by atoms with Crippen molar-refractivity contribution in [2.45, 2.75) is 45.2 Å². The van der Waals surface area contributed by atoms with Crippen LogP contribution in [0.25, 0.3) is 10.9 Å². The van der Waals surface area contributed by atoms with Gasteiger partial charge in [-0.3, -0.25) is 9.59 Å². The third-order valence-electron chi connectivity index (χ3n) is 6.52. The summed E-state index contributed by atoms with van der Waals surface area (Å²) in [6.07, 6.45) is 4.60. The van der Waals surface area contributed by atoms with Crippen molar-refractivity contribution in [2.24, 2.45) is 11.8 Å².